The second-order valence-corrected chi connectivity index (χ2v) is 8.96. The van der Waals surface area contributed by atoms with Gasteiger partial charge < -0.3 is 19.7 Å². The molecule has 186 valence electrons. The quantitative estimate of drug-likeness (QED) is 0.403. The summed E-state index contributed by atoms with van der Waals surface area (Å²) in [5, 5.41) is 16.1. The summed E-state index contributed by atoms with van der Waals surface area (Å²) >= 11 is 6.18. The van der Waals surface area contributed by atoms with E-state index < -0.39 is 23.6 Å². The molecule has 8 nitrogen and oxygen atoms in total. The van der Waals surface area contributed by atoms with E-state index in [9.17, 15) is 18.0 Å². The molecule has 2 atom stereocenters. The molecule has 2 N–H and O–H groups in total. The number of carbonyl (C=O) groups is 1. The van der Waals surface area contributed by atoms with Crippen molar-refractivity contribution in [2.24, 2.45) is 5.92 Å². The number of carboxylic acids is 1. The summed E-state index contributed by atoms with van der Waals surface area (Å²) in [5.41, 5.74) is -0.659. The Hall–Kier alpha value is -3.34. The van der Waals surface area contributed by atoms with Crippen LogP contribution in [0.5, 0.6) is 5.88 Å². The van der Waals surface area contributed by atoms with Crippen LogP contribution in [0.4, 0.5) is 18.9 Å². The number of aromatic nitrogens is 3. The van der Waals surface area contributed by atoms with Crippen LogP contribution < -0.4 is 10.1 Å². The third kappa shape index (κ3) is 5.67. The Labute approximate surface area is 203 Å². The Morgan fingerprint density at radius 2 is 2.06 bits per heavy atom. The fourth-order valence-electron chi connectivity index (χ4n) is 3.94. The smallest absolute Gasteiger partial charge is 0.417 e. The van der Waals surface area contributed by atoms with Crippen LogP contribution in [0.3, 0.4) is 0 Å². The molecule has 0 saturated heterocycles. The summed E-state index contributed by atoms with van der Waals surface area (Å²) in [6.45, 7) is 3.63. The van der Waals surface area contributed by atoms with Crippen molar-refractivity contribution in [3.8, 4) is 28.7 Å². The molecule has 1 fully saturated rings. The van der Waals surface area contributed by atoms with E-state index in [4.69, 9.17) is 26.0 Å². The fourth-order valence-corrected chi connectivity index (χ4v) is 4.15. The number of ether oxygens (including phenoxy) is 1. The first-order valence-electron chi connectivity index (χ1n) is 10.9. The van der Waals surface area contributed by atoms with E-state index in [1.54, 1.807) is 0 Å². The minimum atomic E-state index is -4.69. The maximum atomic E-state index is 13.9. The van der Waals surface area contributed by atoms with Crippen molar-refractivity contribution in [2.75, 3.05) is 5.32 Å². The van der Waals surface area contributed by atoms with E-state index in [1.165, 1.54) is 24.4 Å². The number of nitrogens with one attached hydrogen (secondary N) is 1. The van der Waals surface area contributed by atoms with E-state index in [2.05, 4.69) is 20.4 Å². The summed E-state index contributed by atoms with van der Waals surface area (Å²) in [4.78, 5) is 19.4. The van der Waals surface area contributed by atoms with Gasteiger partial charge in [0.1, 0.15) is 5.02 Å². The first-order valence-corrected chi connectivity index (χ1v) is 11.3. The highest BCUT2D eigenvalue weighted by atomic mass is 35.5. The van der Waals surface area contributed by atoms with Crippen LogP contribution in [0.1, 0.15) is 38.7 Å². The van der Waals surface area contributed by atoms with E-state index in [-0.39, 0.29) is 46.0 Å². The summed E-state index contributed by atoms with van der Waals surface area (Å²) in [6.07, 6.45) is -2.06. The fraction of sp³-hybridized carbons (Fsp3) is 0.391. The molecule has 2 aromatic heterocycles. The van der Waals surface area contributed by atoms with Gasteiger partial charge in [-0.2, -0.15) is 18.2 Å². The Kier molecular flexibility index (Phi) is 6.88. The van der Waals surface area contributed by atoms with Crippen LogP contribution in [0.15, 0.2) is 35.0 Å². The van der Waals surface area contributed by atoms with E-state index in [0.29, 0.717) is 24.8 Å². The topological polar surface area (TPSA) is 110 Å². The van der Waals surface area contributed by atoms with Gasteiger partial charge in [-0.1, -0.05) is 16.8 Å². The molecule has 2 heterocycles. The van der Waals surface area contributed by atoms with Crippen molar-refractivity contribution >= 4 is 23.3 Å². The van der Waals surface area contributed by atoms with Gasteiger partial charge in [-0.15, -0.1) is 0 Å². The highest BCUT2D eigenvalue weighted by Crippen LogP contribution is 2.39. The SMILES string of the molecule is CC(C)Oc1ncc(-c2noc(-c3ccc(N[C@H]4CC[C@@H](C(=O)O)C4)cc3C(F)(F)F)n2)cc1Cl. The summed E-state index contributed by atoms with van der Waals surface area (Å²) in [5.74, 6) is -1.48. The number of pyridine rings is 1. The van der Waals surface area contributed by atoms with Gasteiger partial charge in [0.05, 0.1) is 23.1 Å². The normalized spacial score (nSPS) is 18.1. The number of halogens is 4. The lowest BCUT2D eigenvalue weighted by Crippen LogP contribution is -2.18. The summed E-state index contributed by atoms with van der Waals surface area (Å²) < 4.78 is 52.3. The van der Waals surface area contributed by atoms with Crippen molar-refractivity contribution in [3.63, 3.8) is 0 Å². The second kappa shape index (κ2) is 9.73. The number of carboxylic acid groups (broad SMARTS) is 1. The van der Waals surface area contributed by atoms with Crippen molar-refractivity contribution < 1.29 is 32.3 Å². The highest BCUT2D eigenvalue weighted by molar-refractivity contribution is 6.32. The minimum absolute atomic E-state index is 0.0199. The molecule has 1 saturated carbocycles. The Morgan fingerprint density at radius 1 is 1.29 bits per heavy atom. The van der Waals surface area contributed by atoms with Crippen molar-refractivity contribution in [2.45, 2.75) is 51.4 Å². The average Bonchev–Trinajstić information content (AvgIpc) is 3.44. The number of benzene rings is 1. The minimum Gasteiger partial charge on any atom is -0.481 e. The lowest BCUT2D eigenvalue weighted by atomic mass is 10.0. The largest absolute Gasteiger partial charge is 0.481 e. The second-order valence-electron chi connectivity index (χ2n) is 8.55. The van der Waals surface area contributed by atoms with Crippen LogP contribution in [-0.4, -0.2) is 38.3 Å². The standard InChI is InChI=1S/C23H22ClF3N4O4/c1-11(2)34-21-18(24)8-13(10-28-21)19-30-20(35-31-19)16-6-5-15(9-17(16)23(25,26)27)29-14-4-3-12(7-14)22(32)33/h5-6,8-12,14,29H,3-4,7H2,1-2H3,(H,32,33)/t12-,14+/m1/s1. The molecule has 0 radical (unpaired) electrons. The summed E-state index contributed by atoms with van der Waals surface area (Å²) in [6, 6.07) is 4.95. The molecular formula is C23H22ClF3N4O4. The zero-order valence-electron chi connectivity index (χ0n) is 18.8. The van der Waals surface area contributed by atoms with E-state index in [0.717, 1.165) is 6.07 Å². The van der Waals surface area contributed by atoms with Gasteiger partial charge in [-0.05, 0) is 57.4 Å². The molecule has 0 bridgehead atoms. The molecule has 0 unspecified atom stereocenters. The highest BCUT2D eigenvalue weighted by Gasteiger charge is 2.36. The molecule has 35 heavy (non-hydrogen) atoms. The van der Waals surface area contributed by atoms with Gasteiger partial charge in [0.25, 0.3) is 5.89 Å². The summed E-state index contributed by atoms with van der Waals surface area (Å²) in [7, 11) is 0. The number of hydrogen-bond donors (Lipinski definition) is 2. The molecule has 1 aliphatic rings. The van der Waals surface area contributed by atoms with Gasteiger partial charge in [0.2, 0.25) is 11.7 Å². The first kappa shape index (κ1) is 24.8. The number of rotatable bonds is 7. The van der Waals surface area contributed by atoms with Crippen molar-refractivity contribution in [3.05, 3.63) is 41.0 Å². The average molecular weight is 511 g/mol. The van der Waals surface area contributed by atoms with Crippen LogP contribution in [0.25, 0.3) is 22.8 Å². The number of aliphatic carboxylic acids is 1. The number of hydrogen-bond acceptors (Lipinski definition) is 7. The predicted molar refractivity (Wildman–Crippen MR) is 121 cm³/mol. The van der Waals surface area contributed by atoms with E-state index in [1.807, 2.05) is 13.8 Å². The first-order chi connectivity index (χ1) is 16.5. The lowest BCUT2D eigenvalue weighted by Gasteiger charge is -2.17. The molecule has 1 aliphatic carbocycles. The molecular weight excluding hydrogens is 489 g/mol. The molecule has 12 heteroatoms. The van der Waals surface area contributed by atoms with Gasteiger partial charge >= 0.3 is 12.1 Å². The molecule has 3 aromatic rings. The molecule has 0 amide bonds. The van der Waals surface area contributed by atoms with Crippen LogP contribution in [0.2, 0.25) is 5.02 Å². The number of nitrogens with zero attached hydrogens (tertiary/aromatic N) is 3. The van der Waals surface area contributed by atoms with E-state index >= 15 is 0 Å². The maximum Gasteiger partial charge on any atom is 0.417 e. The molecule has 0 spiro atoms. The lowest BCUT2D eigenvalue weighted by molar-refractivity contribution is -0.141. The third-order valence-corrected chi connectivity index (χ3v) is 5.82. The molecule has 0 aliphatic heterocycles. The Bertz CT molecular complexity index is 1230. The number of alkyl halides is 3. The van der Waals surface area contributed by atoms with Crippen molar-refractivity contribution in [1.82, 2.24) is 15.1 Å². The van der Waals surface area contributed by atoms with Gasteiger partial charge in [0, 0.05) is 23.5 Å². The van der Waals surface area contributed by atoms with Gasteiger partial charge in [-0.3, -0.25) is 4.79 Å². The van der Waals surface area contributed by atoms with Crippen LogP contribution in [-0.2, 0) is 11.0 Å². The van der Waals surface area contributed by atoms with Gasteiger partial charge in [-0.25, -0.2) is 4.98 Å². The van der Waals surface area contributed by atoms with Crippen LogP contribution >= 0.6 is 11.6 Å². The van der Waals surface area contributed by atoms with Crippen molar-refractivity contribution in [1.29, 1.82) is 0 Å². The van der Waals surface area contributed by atoms with Crippen LogP contribution in [0, 0.1) is 5.92 Å². The zero-order valence-corrected chi connectivity index (χ0v) is 19.5. The molecule has 4 rings (SSSR count). The third-order valence-electron chi connectivity index (χ3n) is 5.55. The zero-order chi connectivity index (χ0) is 25.3. The predicted octanol–water partition coefficient (Wildman–Crippen LogP) is 5.92. The maximum absolute atomic E-state index is 13.9. The Morgan fingerprint density at radius 3 is 2.69 bits per heavy atom. The number of anilines is 1. The monoisotopic (exact) mass is 510 g/mol. The molecule has 1 aromatic carbocycles. The Balaban J connectivity index is 1.59. The van der Waals surface area contributed by atoms with Gasteiger partial charge in [0.15, 0.2) is 0 Å².